The van der Waals surface area contributed by atoms with E-state index in [9.17, 15) is 13.2 Å². The Morgan fingerprint density at radius 1 is 1.11 bits per heavy atom. The fourth-order valence-corrected chi connectivity index (χ4v) is 4.47. The molecule has 2 aromatic carbocycles. The average molecular weight is 376 g/mol. The van der Waals surface area contributed by atoms with Gasteiger partial charge >= 0.3 is 6.18 Å². The maximum atomic E-state index is 13.2. The molecular weight excluding hydrogens is 353 g/mol. The summed E-state index contributed by atoms with van der Waals surface area (Å²) in [5.74, 6) is 0.510. The molecule has 2 aliphatic heterocycles. The third-order valence-electron chi connectivity index (χ3n) is 5.66. The summed E-state index contributed by atoms with van der Waals surface area (Å²) in [5, 5.41) is 0. The molecule has 2 heterocycles. The normalized spacial score (nSPS) is 25.6. The zero-order valence-electron chi connectivity index (χ0n) is 15.2. The summed E-state index contributed by atoms with van der Waals surface area (Å²) in [6.07, 6.45) is -2.18. The van der Waals surface area contributed by atoms with E-state index in [0.717, 1.165) is 32.1 Å². The summed E-state index contributed by atoms with van der Waals surface area (Å²) in [7, 11) is 1.50. The molecule has 3 unspecified atom stereocenters. The Kier molecular flexibility index (Phi) is 4.86. The van der Waals surface area contributed by atoms with Crippen molar-refractivity contribution in [3.8, 4) is 5.75 Å². The van der Waals surface area contributed by atoms with Crippen LogP contribution in [0.5, 0.6) is 5.75 Å². The minimum absolute atomic E-state index is 0.303. The summed E-state index contributed by atoms with van der Waals surface area (Å²) in [6, 6.07) is 14.7. The molecule has 0 saturated carbocycles. The third kappa shape index (κ3) is 3.56. The number of piperidine rings is 1. The summed E-state index contributed by atoms with van der Waals surface area (Å²) in [6.45, 7) is 2.24. The topological polar surface area (TPSA) is 15.7 Å². The first-order chi connectivity index (χ1) is 13.0. The van der Waals surface area contributed by atoms with Crippen LogP contribution >= 0.6 is 0 Å². The fourth-order valence-electron chi connectivity index (χ4n) is 4.47. The Hall–Kier alpha value is -2.05. The molecule has 3 atom stereocenters. The third-order valence-corrected chi connectivity index (χ3v) is 5.66. The molecule has 2 bridgehead atoms. The highest BCUT2D eigenvalue weighted by Crippen LogP contribution is 2.41. The average Bonchev–Trinajstić information content (AvgIpc) is 2.86. The van der Waals surface area contributed by atoms with Crippen molar-refractivity contribution in [1.29, 1.82) is 0 Å². The molecule has 144 valence electrons. The van der Waals surface area contributed by atoms with Crippen molar-refractivity contribution in [2.75, 3.05) is 20.3 Å². The van der Waals surface area contributed by atoms with E-state index in [4.69, 9.17) is 4.74 Å². The van der Waals surface area contributed by atoms with Crippen molar-refractivity contribution in [2.45, 2.75) is 37.6 Å². The van der Waals surface area contributed by atoms with E-state index in [-0.39, 0.29) is 0 Å². The van der Waals surface area contributed by atoms with E-state index in [2.05, 4.69) is 21.9 Å². The SMILES string of the molecule is COc1ccc(C(F)(F)F)cc1CN1CN2CCCC1C2c1ccccc1. The first-order valence-electron chi connectivity index (χ1n) is 9.24. The van der Waals surface area contributed by atoms with Gasteiger partial charge in [-0.05, 0) is 36.6 Å². The van der Waals surface area contributed by atoms with Crippen LogP contribution in [0.25, 0.3) is 0 Å². The van der Waals surface area contributed by atoms with Gasteiger partial charge in [0.15, 0.2) is 0 Å². The van der Waals surface area contributed by atoms with E-state index in [1.807, 2.05) is 18.2 Å². The number of nitrogens with zero attached hydrogens (tertiary/aromatic N) is 2. The molecule has 2 aromatic rings. The van der Waals surface area contributed by atoms with Crippen LogP contribution in [0.4, 0.5) is 13.2 Å². The largest absolute Gasteiger partial charge is 0.496 e. The first kappa shape index (κ1) is 18.3. The van der Waals surface area contributed by atoms with Crippen LogP contribution in [0.2, 0.25) is 0 Å². The van der Waals surface area contributed by atoms with E-state index in [1.165, 1.54) is 24.8 Å². The molecule has 3 nitrogen and oxygen atoms in total. The maximum Gasteiger partial charge on any atom is 0.416 e. The van der Waals surface area contributed by atoms with Crippen LogP contribution in [0, 0.1) is 0 Å². The molecule has 0 N–H and O–H groups in total. The molecule has 4 rings (SSSR count). The van der Waals surface area contributed by atoms with E-state index < -0.39 is 11.7 Å². The Bertz CT molecular complexity index is 794. The summed E-state index contributed by atoms with van der Waals surface area (Å²) < 4.78 is 44.8. The first-order valence-corrected chi connectivity index (χ1v) is 9.24. The lowest BCUT2D eigenvalue weighted by Gasteiger charge is -2.33. The lowest BCUT2D eigenvalue weighted by atomic mass is 9.92. The fraction of sp³-hybridized carbons (Fsp3) is 0.429. The molecule has 2 fully saturated rings. The van der Waals surface area contributed by atoms with Crippen LogP contribution in [-0.2, 0) is 12.7 Å². The van der Waals surface area contributed by atoms with Gasteiger partial charge in [0, 0.05) is 24.7 Å². The molecule has 0 radical (unpaired) electrons. The lowest BCUT2D eigenvalue weighted by Crippen LogP contribution is -2.35. The van der Waals surface area contributed by atoms with E-state index >= 15 is 0 Å². The van der Waals surface area contributed by atoms with Gasteiger partial charge < -0.3 is 4.74 Å². The second-order valence-corrected chi connectivity index (χ2v) is 7.29. The van der Waals surface area contributed by atoms with Crippen molar-refractivity contribution in [1.82, 2.24) is 9.80 Å². The predicted molar refractivity (Wildman–Crippen MR) is 97.3 cm³/mol. The standard InChI is InChI=1S/C21H23F3N2O/c1-27-19-10-9-17(21(22,23)24)12-16(19)13-26-14-25-11-5-8-18(26)20(25)15-6-3-2-4-7-15/h2-4,6-7,9-10,12,18,20H,5,8,11,13-14H2,1H3. The van der Waals surface area contributed by atoms with Crippen molar-refractivity contribution in [3.63, 3.8) is 0 Å². The minimum Gasteiger partial charge on any atom is -0.496 e. The minimum atomic E-state index is -4.35. The number of benzene rings is 2. The number of halogens is 3. The number of hydrogen-bond acceptors (Lipinski definition) is 3. The van der Waals surface area contributed by atoms with Crippen molar-refractivity contribution in [2.24, 2.45) is 0 Å². The number of fused-ring (bicyclic) bond motifs is 2. The molecular formula is C21H23F3N2O. The van der Waals surface area contributed by atoms with Gasteiger partial charge in [-0.3, -0.25) is 9.80 Å². The Morgan fingerprint density at radius 2 is 1.89 bits per heavy atom. The molecule has 0 spiro atoms. The molecule has 2 saturated heterocycles. The quantitative estimate of drug-likeness (QED) is 0.770. The second-order valence-electron chi connectivity index (χ2n) is 7.29. The predicted octanol–water partition coefficient (Wildman–Crippen LogP) is 4.69. The zero-order valence-corrected chi connectivity index (χ0v) is 15.2. The monoisotopic (exact) mass is 376 g/mol. The van der Waals surface area contributed by atoms with Gasteiger partial charge in [-0.2, -0.15) is 13.2 Å². The molecule has 0 aromatic heterocycles. The zero-order chi connectivity index (χ0) is 19.0. The number of rotatable bonds is 4. The summed E-state index contributed by atoms with van der Waals surface area (Å²) in [4.78, 5) is 4.73. The molecule has 0 aliphatic carbocycles. The van der Waals surface area contributed by atoms with Crippen LogP contribution in [0.15, 0.2) is 48.5 Å². The second kappa shape index (κ2) is 7.17. The van der Waals surface area contributed by atoms with Gasteiger partial charge in [-0.15, -0.1) is 0 Å². The highest BCUT2D eigenvalue weighted by molar-refractivity contribution is 5.38. The van der Waals surface area contributed by atoms with Crippen molar-refractivity contribution < 1.29 is 17.9 Å². The number of alkyl halides is 3. The van der Waals surface area contributed by atoms with Crippen LogP contribution in [0.1, 0.15) is 35.6 Å². The van der Waals surface area contributed by atoms with Gasteiger partial charge in [-0.1, -0.05) is 30.3 Å². The molecule has 0 amide bonds. The smallest absolute Gasteiger partial charge is 0.416 e. The van der Waals surface area contributed by atoms with E-state index in [1.54, 1.807) is 0 Å². The number of methoxy groups -OCH3 is 1. The maximum absolute atomic E-state index is 13.2. The van der Waals surface area contributed by atoms with E-state index in [0.29, 0.717) is 29.9 Å². The van der Waals surface area contributed by atoms with Gasteiger partial charge in [-0.25, -0.2) is 0 Å². The van der Waals surface area contributed by atoms with Gasteiger partial charge in [0.25, 0.3) is 0 Å². The van der Waals surface area contributed by atoms with Gasteiger partial charge in [0.1, 0.15) is 5.75 Å². The summed E-state index contributed by atoms with van der Waals surface area (Å²) >= 11 is 0. The van der Waals surface area contributed by atoms with Crippen LogP contribution < -0.4 is 4.74 Å². The van der Waals surface area contributed by atoms with Crippen molar-refractivity contribution in [3.05, 3.63) is 65.2 Å². The number of hydrogen-bond donors (Lipinski definition) is 0. The highest BCUT2D eigenvalue weighted by Gasteiger charge is 2.43. The number of ether oxygens (including phenoxy) is 1. The highest BCUT2D eigenvalue weighted by atomic mass is 19.4. The summed E-state index contributed by atoms with van der Waals surface area (Å²) in [5.41, 5.74) is 1.24. The Morgan fingerprint density at radius 3 is 2.59 bits per heavy atom. The molecule has 27 heavy (non-hydrogen) atoms. The lowest BCUT2D eigenvalue weighted by molar-refractivity contribution is -0.137. The Labute approximate surface area is 157 Å². The van der Waals surface area contributed by atoms with Crippen molar-refractivity contribution >= 4 is 0 Å². The van der Waals surface area contributed by atoms with Gasteiger partial charge in [0.05, 0.1) is 25.4 Å². The Balaban J connectivity index is 1.62. The molecule has 2 aliphatic rings. The van der Waals surface area contributed by atoms with Crippen LogP contribution in [0.3, 0.4) is 0 Å². The molecule has 6 heteroatoms. The van der Waals surface area contributed by atoms with Crippen LogP contribution in [-0.4, -0.2) is 36.2 Å². The van der Waals surface area contributed by atoms with Gasteiger partial charge in [0.2, 0.25) is 0 Å².